The number of ether oxygens (including phenoxy) is 1. The molecule has 0 N–H and O–H groups in total. The lowest BCUT2D eigenvalue weighted by atomic mass is 9.90. The van der Waals surface area contributed by atoms with Crippen molar-refractivity contribution in [3.63, 3.8) is 0 Å². The number of likely N-dealkylation sites (tertiary alicyclic amines) is 1. The Bertz CT molecular complexity index is 1320. The van der Waals surface area contributed by atoms with Gasteiger partial charge in [-0.3, -0.25) is 4.79 Å². The van der Waals surface area contributed by atoms with Crippen LogP contribution in [0.25, 0.3) is 21.6 Å². The summed E-state index contributed by atoms with van der Waals surface area (Å²) in [6.07, 6.45) is 5.53. The maximum Gasteiger partial charge on any atom is 0.260 e. The van der Waals surface area contributed by atoms with E-state index in [1.54, 1.807) is 22.2 Å². The number of amides is 1. The molecule has 0 spiro atoms. The molecule has 1 unspecified atom stereocenters. The highest BCUT2D eigenvalue weighted by Crippen LogP contribution is 2.42. The van der Waals surface area contributed by atoms with Crippen LogP contribution in [0.1, 0.15) is 43.6 Å². The summed E-state index contributed by atoms with van der Waals surface area (Å²) in [5.41, 5.74) is 1.91. The second-order valence-corrected chi connectivity index (χ2v) is 10.5. The zero-order valence-electron chi connectivity index (χ0n) is 17.5. The molecule has 1 fully saturated rings. The molecule has 9 nitrogen and oxygen atoms in total. The van der Waals surface area contributed by atoms with E-state index in [2.05, 4.69) is 34.1 Å². The monoisotopic (exact) mass is 457 g/mol. The Morgan fingerprint density at radius 3 is 2.97 bits per heavy atom. The number of hydrogen-bond donors (Lipinski definition) is 0. The molecule has 1 saturated heterocycles. The third kappa shape index (κ3) is 2.97. The SMILES string of the molecule is CCC1(C)Cc2c(sc3c2c2ncnn2c2nnc(SCC(=O)N4CCCC4)n32)CO1. The van der Waals surface area contributed by atoms with Crippen LogP contribution < -0.4 is 0 Å². The van der Waals surface area contributed by atoms with E-state index in [0.29, 0.717) is 23.3 Å². The summed E-state index contributed by atoms with van der Waals surface area (Å²) in [7, 11) is 0. The molecular formula is C20H23N7O2S2. The molecule has 6 rings (SSSR count). The summed E-state index contributed by atoms with van der Waals surface area (Å²) in [5.74, 6) is 1.14. The molecule has 0 radical (unpaired) electrons. The molecule has 162 valence electrons. The molecule has 2 aliphatic rings. The predicted octanol–water partition coefficient (Wildman–Crippen LogP) is 2.94. The van der Waals surface area contributed by atoms with Gasteiger partial charge in [0.1, 0.15) is 11.2 Å². The number of aromatic nitrogens is 6. The first-order valence-corrected chi connectivity index (χ1v) is 12.4. The molecule has 0 bridgehead atoms. The van der Waals surface area contributed by atoms with Crippen LogP contribution in [0.4, 0.5) is 0 Å². The molecule has 0 saturated carbocycles. The molecule has 0 aromatic carbocycles. The maximum atomic E-state index is 12.6. The minimum absolute atomic E-state index is 0.162. The average molecular weight is 458 g/mol. The number of hydrogen-bond acceptors (Lipinski definition) is 8. The Morgan fingerprint density at radius 2 is 2.16 bits per heavy atom. The van der Waals surface area contributed by atoms with Gasteiger partial charge in [0.2, 0.25) is 5.91 Å². The van der Waals surface area contributed by atoms with E-state index in [-0.39, 0.29) is 11.5 Å². The predicted molar refractivity (Wildman–Crippen MR) is 119 cm³/mol. The smallest absolute Gasteiger partial charge is 0.260 e. The normalized spacial score (nSPS) is 21.5. The van der Waals surface area contributed by atoms with Gasteiger partial charge < -0.3 is 9.64 Å². The Labute approximate surface area is 186 Å². The van der Waals surface area contributed by atoms with Crippen molar-refractivity contribution in [3.8, 4) is 0 Å². The third-order valence-electron chi connectivity index (χ3n) is 6.49. The van der Waals surface area contributed by atoms with Gasteiger partial charge in [0.25, 0.3) is 5.78 Å². The first-order chi connectivity index (χ1) is 15.1. The van der Waals surface area contributed by atoms with Crippen LogP contribution in [0.3, 0.4) is 0 Å². The van der Waals surface area contributed by atoms with Crippen LogP contribution in [0, 0.1) is 0 Å². The van der Waals surface area contributed by atoms with Crippen LogP contribution in [0.2, 0.25) is 0 Å². The van der Waals surface area contributed by atoms with E-state index in [1.165, 1.54) is 22.2 Å². The minimum atomic E-state index is -0.181. The summed E-state index contributed by atoms with van der Waals surface area (Å²) in [6, 6.07) is 0. The Hall–Kier alpha value is -2.24. The van der Waals surface area contributed by atoms with Crippen LogP contribution >= 0.6 is 23.1 Å². The Kier molecular flexibility index (Phi) is 4.48. The molecule has 1 atom stereocenters. The van der Waals surface area contributed by atoms with Crippen molar-refractivity contribution >= 4 is 50.6 Å². The van der Waals surface area contributed by atoms with E-state index in [0.717, 1.165) is 54.6 Å². The second kappa shape index (κ2) is 7.14. The van der Waals surface area contributed by atoms with E-state index in [9.17, 15) is 4.79 Å². The first kappa shape index (κ1) is 19.4. The van der Waals surface area contributed by atoms with Gasteiger partial charge in [-0.05, 0) is 31.7 Å². The van der Waals surface area contributed by atoms with Crippen molar-refractivity contribution in [2.45, 2.75) is 56.9 Å². The lowest BCUT2D eigenvalue weighted by Gasteiger charge is -2.32. The van der Waals surface area contributed by atoms with Crippen LogP contribution in [0.5, 0.6) is 0 Å². The maximum absolute atomic E-state index is 12.6. The number of carbonyl (C=O) groups excluding carboxylic acids is 1. The number of rotatable bonds is 4. The minimum Gasteiger partial charge on any atom is -0.369 e. The topological polar surface area (TPSA) is 89.9 Å². The fraction of sp³-hybridized carbons (Fsp3) is 0.550. The largest absolute Gasteiger partial charge is 0.369 e. The van der Waals surface area contributed by atoms with Crippen molar-refractivity contribution in [1.82, 2.24) is 34.1 Å². The molecule has 11 heteroatoms. The van der Waals surface area contributed by atoms with Gasteiger partial charge in [0.15, 0.2) is 10.8 Å². The fourth-order valence-corrected chi connectivity index (χ4v) is 6.61. The van der Waals surface area contributed by atoms with Crippen molar-refractivity contribution in [2.24, 2.45) is 0 Å². The van der Waals surface area contributed by atoms with Crippen LogP contribution in [-0.2, 0) is 22.6 Å². The van der Waals surface area contributed by atoms with Gasteiger partial charge in [-0.1, -0.05) is 18.7 Å². The van der Waals surface area contributed by atoms with Gasteiger partial charge >= 0.3 is 0 Å². The van der Waals surface area contributed by atoms with Gasteiger partial charge in [-0.25, -0.2) is 9.38 Å². The lowest BCUT2D eigenvalue weighted by molar-refractivity contribution is -0.127. The van der Waals surface area contributed by atoms with Gasteiger partial charge in [0.05, 0.1) is 23.3 Å². The summed E-state index contributed by atoms with van der Waals surface area (Å²) >= 11 is 3.15. The van der Waals surface area contributed by atoms with Crippen LogP contribution in [-0.4, -0.2) is 64.4 Å². The van der Waals surface area contributed by atoms with E-state index < -0.39 is 0 Å². The first-order valence-electron chi connectivity index (χ1n) is 10.6. The second-order valence-electron chi connectivity index (χ2n) is 8.44. The number of nitrogens with zero attached hydrogens (tertiary/aromatic N) is 7. The van der Waals surface area contributed by atoms with Crippen molar-refractivity contribution in [2.75, 3.05) is 18.8 Å². The molecule has 31 heavy (non-hydrogen) atoms. The molecule has 0 aliphatic carbocycles. The lowest BCUT2D eigenvalue weighted by Crippen LogP contribution is -2.33. The summed E-state index contributed by atoms with van der Waals surface area (Å²) in [6.45, 7) is 6.65. The molecule has 1 amide bonds. The quantitative estimate of drug-likeness (QED) is 0.435. The zero-order chi connectivity index (χ0) is 21.2. The summed E-state index contributed by atoms with van der Waals surface area (Å²) < 4.78 is 9.99. The molecule has 6 heterocycles. The zero-order valence-corrected chi connectivity index (χ0v) is 19.1. The third-order valence-corrected chi connectivity index (χ3v) is 8.59. The van der Waals surface area contributed by atoms with Crippen molar-refractivity contribution in [1.29, 1.82) is 0 Å². The Morgan fingerprint density at radius 1 is 1.32 bits per heavy atom. The number of thiophene rings is 1. The van der Waals surface area contributed by atoms with E-state index in [1.807, 2.05) is 9.30 Å². The number of fused-ring (bicyclic) bond motifs is 8. The van der Waals surface area contributed by atoms with Gasteiger partial charge in [0, 0.05) is 24.4 Å². The highest BCUT2D eigenvalue weighted by atomic mass is 32.2. The van der Waals surface area contributed by atoms with Crippen molar-refractivity contribution < 1.29 is 9.53 Å². The van der Waals surface area contributed by atoms with Crippen LogP contribution in [0.15, 0.2) is 11.5 Å². The fourth-order valence-electron chi connectivity index (χ4n) is 4.49. The van der Waals surface area contributed by atoms with E-state index in [4.69, 9.17) is 4.74 Å². The number of carbonyl (C=O) groups is 1. The van der Waals surface area contributed by atoms with Crippen molar-refractivity contribution in [3.05, 3.63) is 16.8 Å². The molecule has 4 aromatic rings. The van der Waals surface area contributed by atoms with E-state index >= 15 is 0 Å². The highest BCUT2D eigenvalue weighted by Gasteiger charge is 2.34. The molecule has 2 aliphatic heterocycles. The molecule has 4 aromatic heterocycles. The standard InChI is InChI=1S/C20H23N7O2S2/c1-3-20(2)8-12-13(9-29-20)31-17-15(12)16-21-11-22-27(16)18-23-24-19(26(17)18)30-10-14(28)25-6-4-5-7-25/h11H,3-10H2,1-2H3. The summed E-state index contributed by atoms with van der Waals surface area (Å²) in [5, 5.41) is 15.0. The Balaban J connectivity index is 1.49. The van der Waals surface area contributed by atoms with Gasteiger partial charge in [-0.2, -0.15) is 9.61 Å². The summed E-state index contributed by atoms with van der Waals surface area (Å²) in [4.78, 5) is 21.3. The number of thioether (sulfide) groups is 1. The average Bonchev–Trinajstić information content (AvgIpc) is 3.56. The van der Waals surface area contributed by atoms with Gasteiger partial charge in [-0.15, -0.1) is 21.5 Å². The molecular weight excluding hydrogens is 434 g/mol. The highest BCUT2D eigenvalue weighted by molar-refractivity contribution is 7.99.